The number of carboxylic acids is 1. The first-order valence-corrected chi connectivity index (χ1v) is 12.3. The van der Waals surface area contributed by atoms with E-state index in [4.69, 9.17) is 9.84 Å². The van der Waals surface area contributed by atoms with Crippen LogP contribution in [-0.2, 0) is 4.79 Å². The van der Waals surface area contributed by atoms with Gasteiger partial charge in [0.05, 0.1) is 0 Å². The largest absolute Gasteiger partial charge is 0.486 e. The van der Waals surface area contributed by atoms with E-state index in [1.54, 1.807) is 24.3 Å². The van der Waals surface area contributed by atoms with Crippen LogP contribution in [0.4, 0.5) is 4.39 Å². The minimum atomic E-state index is -0.887. The molecule has 0 aliphatic carbocycles. The summed E-state index contributed by atoms with van der Waals surface area (Å²) >= 11 is 0. The van der Waals surface area contributed by atoms with Crippen molar-refractivity contribution in [1.29, 1.82) is 0 Å². The first kappa shape index (κ1) is 26.1. The molecule has 0 heterocycles. The molecule has 184 valence electrons. The molecule has 3 aromatic carbocycles. The number of carbonyl (C=O) groups excluding carboxylic acids is 1. The van der Waals surface area contributed by atoms with Gasteiger partial charge in [-0.05, 0) is 60.2 Å². The second-order valence-corrected chi connectivity index (χ2v) is 8.78. The minimum absolute atomic E-state index is 0.00253. The van der Waals surface area contributed by atoms with Crippen molar-refractivity contribution in [2.75, 3.05) is 0 Å². The van der Waals surface area contributed by atoms with Crippen LogP contribution in [0.5, 0.6) is 5.75 Å². The van der Waals surface area contributed by atoms with E-state index >= 15 is 0 Å². The number of Topliss-reactive ketones (excluding diaryl/α,β-unsaturated/α-hetero) is 1. The molecule has 3 rings (SSSR count). The molecule has 0 saturated heterocycles. The second-order valence-electron chi connectivity index (χ2n) is 8.78. The Kier molecular flexibility index (Phi) is 10.0. The molecule has 0 radical (unpaired) electrons. The Balaban J connectivity index is 1.69. The fourth-order valence-electron chi connectivity index (χ4n) is 4.01. The van der Waals surface area contributed by atoms with Gasteiger partial charge in [0.15, 0.2) is 5.78 Å². The summed E-state index contributed by atoms with van der Waals surface area (Å²) < 4.78 is 19.6. The highest BCUT2D eigenvalue weighted by Gasteiger charge is 2.15. The highest BCUT2D eigenvalue weighted by molar-refractivity contribution is 5.96. The molecule has 1 unspecified atom stereocenters. The standard InChI is InChI=1S/C30H33FO4/c1-2-3-4-5-8-29(25-12-10-24(11-13-25)28(32)7-6-9-30(33)34)35-27-20-16-23(17-21-27)22-14-18-26(31)19-15-22/h10-21,29H,2-9H2,1H3,(H,33,34). The van der Waals surface area contributed by atoms with Crippen molar-refractivity contribution in [1.82, 2.24) is 0 Å². The molecular formula is C30H33FO4. The third-order valence-corrected chi connectivity index (χ3v) is 6.03. The molecule has 4 nitrogen and oxygen atoms in total. The zero-order valence-electron chi connectivity index (χ0n) is 20.2. The van der Waals surface area contributed by atoms with Crippen LogP contribution in [0.2, 0.25) is 0 Å². The molecular weight excluding hydrogens is 443 g/mol. The van der Waals surface area contributed by atoms with Crippen molar-refractivity contribution in [3.05, 3.63) is 89.7 Å². The number of carbonyl (C=O) groups is 2. The summed E-state index contributed by atoms with van der Waals surface area (Å²) in [4.78, 5) is 23.0. The van der Waals surface area contributed by atoms with Crippen LogP contribution >= 0.6 is 0 Å². The van der Waals surface area contributed by atoms with Gasteiger partial charge < -0.3 is 9.84 Å². The van der Waals surface area contributed by atoms with E-state index in [2.05, 4.69) is 6.92 Å². The number of carboxylic acid groups (broad SMARTS) is 1. The van der Waals surface area contributed by atoms with Crippen LogP contribution in [0, 0.1) is 5.82 Å². The summed E-state index contributed by atoms with van der Waals surface area (Å²) in [5.41, 5.74) is 3.53. The molecule has 35 heavy (non-hydrogen) atoms. The Morgan fingerprint density at radius 3 is 2.03 bits per heavy atom. The molecule has 0 aliphatic rings. The van der Waals surface area contributed by atoms with Gasteiger partial charge in [0.25, 0.3) is 0 Å². The van der Waals surface area contributed by atoms with Crippen molar-refractivity contribution in [3.63, 3.8) is 0 Å². The Hall–Kier alpha value is -3.47. The zero-order valence-corrected chi connectivity index (χ0v) is 20.2. The first-order valence-electron chi connectivity index (χ1n) is 12.3. The van der Waals surface area contributed by atoms with Gasteiger partial charge in [-0.3, -0.25) is 9.59 Å². The Morgan fingerprint density at radius 1 is 0.800 bits per heavy atom. The fourth-order valence-corrected chi connectivity index (χ4v) is 4.01. The van der Waals surface area contributed by atoms with Crippen molar-refractivity contribution < 1.29 is 23.8 Å². The monoisotopic (exact) mass is 476 g/mol. The molecule has 0 amide bonds. The van der Waals surface area contributed by atoms with Crippen LogP contribution in [0.15, 0.2) is 72.8 Å². The number of ketones is 1. The molecule has 3 aromatic rings. The topological polar surface area (TPSA) is 63.6 Å². The molecule has 0 fully saturated rings. The number of halogens is 1. The van der Waals surface area contributed by atoms with Gasteiger partial charge in [-0.25, -0.2) is 4.39 Å². The lowest BCUT2D eigenvalue weighted by Gasteiger charge is -2.20. The van der Waals surface area contributed by atoms with Crippen molar-refractivity contribution in [2.24, 2.45) is 0 Å². The predicted molar refractivity (Wildman–Crippen MR) is 136 cm³/mol. The van der Waals surface area contributed by atoms with Gasteiger partial charge in [-0.1, -0.05) is 74.7 Å². The fraction of sp³-hybridized carbons (Fsp3) is 0.333. The average Bonchev–Trinajstić information content (AvgIpc) is 2.86. The summed E-state index contributed by atoms with van der Waals surface area (Å²) in [5, 5.41) is 8.76. The minimum Gasteiger partial charge on any atom is -0.486 e. The maximum atomic E-state index is 13.2. The Labute approximate surface area is 206 Å². The van der Waals surface area contributed by atoms with Crippen LogP contribution in [-0.4, -0.2) is 16.9 Å². The lowest BCUT2D eigenvalue weighted by molar-refractivity contribution is -0.137. The third kappa shape index (κ3) is 8.36. The summed E-state index contributed by atoms with van der Waals surface area (Å²) in [6.45, 7) is 2.18. The van der Waals surface area contributed by atoms with Crippen molar-refractivity contribution in [3.8, 4) is 16.9 Å². The predicted octanol–water partition coefficient (Wildman–Crippen LogP) is 8.02. The quantitative estimate of drug-likeness (QED) is 0.189. The van der Waals surface area contributed by atoms with Crippen LogP contribution in [0.25, 0.3) is 11.1 Å². The van der Waals surface area contributed by atoms with Gasteiger partial charge >= 0.3 is 5.97 Å². The van der Waals surface area contributed by atoms with E-state index in [0.29, 0.717) is 12.0 Å². The average molecular weight is 477 g/mol. The van der Waals surface area contributed by atoms with Gasteiger partial charge in [0.2, 0.25) is 0 Å². The summed E-state index contributed by atoms with van der Waals surface area (Å²) in [5.74, 6) is -0.436. The normalized spacial score (nSPS) is 11.7. The summed E-state index contributed by atoms with van der Waals surface area (Å²) in [7, 11) is 0. The highest BCUT2D eigenvalue weighted by Crippen LogP contribution is 2.29. The maximum Gasteiger partial charge on any atom is 0.303 e. The molecule has 1 atom stereocenters. The van der Waals surface area contributed by atoms with E-state index < -0.39 is 5.97 Å². The molecule has 0 aromatic heterocycles. The molecule has 1 N–H and O–H groups in total. The number of unbranched alkanes of at least 4 members (excludes halogenated alkanes) is 3. The Bertz CT molecular complexity index is 1070. The summed E-state index contributed by atoms with van der Waals surface area (Å²) in [6.07, 6.45) is 5.82. The molecule has 5 heteroatoms. The van der Waals surface area contributed by atoms with E-state index in [-0.39, 0.29) is 30.5 Å². The smallest absolute Gasteiger partial charge is 0.303 e. The SMILES string of the molecule is CCCCCCC(Oc1ccc(-c2ccc(F)cc2)cc1)c1ccc(C(=O)CCCC(=O)O)cc1. The number of ether oxygens (including phenoxy) is 1. The number of hydrogen-bond acceptors (Lipinski definition) is 3. The van der Waals surface area contributed by atoms with Gasteiger partial charge in [0.1, 0.15) is 17.7 Å². The van der Waals surface area contributed by atoms with Crippen molar-refractivity contribution >= 4 is 11.8 Å². The number of rotatable bonds is 14. The Morgan fingerprint density at radius 2 is 1.43 bits per heavy atom. The van der Waals surface area contributed by atoms with Gasteiger partial charge in [-0.15, -0.1) is 0 Å². The van der Waals surface area contributed by atoms with E-state index in [9.17, 15) is 14.0 Å². The van der Waals surface area contributed by atoms with Crippen molar-refractivity contribution in [2.45, 2.75) is 64.4 Å². The first-order chi connectivity index (χ1) is 17.0. The molecule has 0 saturated carbocycles. The van der Waals surface area contributed by atoms with E-state index in [1.807, 2.05) is 36.4 Å². The van der Waals surface area contributed by atoms with Gasteiger partial charge in [-0.2, -0.15) is 0 Å². The number of hydrogen-bond donors (Lipinski definition) is 1. The number of aliphatic carboxylic acids is 1. The van der Waals surface area contributed by atoms with Crippen LogP contribution in [0.1, 0.15) is 80.3 Å². The van der Waals surface area contributed by atoms with Crippen LogP contribution in [0.3, 0.4) is 0 Å². The van der Waals surface area contributed by atoms with Crippen LogP contribution < -0.4 is 4.74 Å². The lowest BCUT2D eigenvalue weighted by atomic mass is 9.98. The highest BCUT2D eigenvalue weighted by atomic mass is 19.1. The van der Waals surface area contributed by atoms with E-state index in [0.717, 1.165) is 48.1 Å². The molecule has 0 aliphatic heterocycles. The second kappa shape index (κ2) is 13.4. The van der Waals surface area contributed by atoms with Gasteiger partial charge in [0, 0.05) is 18.4 Å². The molecule has 0 bridgehead atoms. The number of benzene rings is 3. The zero-order chi connectivity index (χ0) is 25.0. The molecule has 0 spiro atoms. The lowest BCUT2D eigenvalue weighted by Crippen LogP contribution is -2.09. The maximum absolute atomic E-state index is 13.2. The third-order valence-electron chi connectivity index (χ3n) is 6.03. The van der Waals surface area contributed by atoms with E-state index in [1.165, 1.54) is 18.6 Å². The summed E-state index contributed by atoms with van der Waals surface area (Å²) in [6, 6.07) is 21.7.